The molecule has 3 N–H and O–H groups in total. The van der Waals surface area contributed by atoms with Gasteiger partial charge in [0, 0.05) is 37.0 Å². The Hall–Kier alpha value is -1.66. The molecule has 1 fully saturated rings. The fourth-order valence-corrected chi connectivity index (χ4v) is 2.77. The molecule has 2 heterocycles. The number of hydrogen-bond donors (Lipinski definition) is 3. The van der Waals surface area contributed by atoms with E-state index in [2.05, 4.69) is 15.2 Å². The first-order valence-electron chi connectivity index (χ1n) is 7.44. The van der Waals surface area contributed by atoms with Crippen molar-refractivity contribution < 1.29 is 9.90 Å². The number of piperidine rings is 1. The molecule has 2 rings (SSSR count). The van der Waals surface area contributed by atoms with Gasteiger partial charge in [-0.05, 0) is 26.3 Å². The third-order valence-electron chi connectivity index (χ3n) is 3.87. The van der Waals surface area contributed by atoms with Crippen LogP contribution in [0.3, 0.4) is 0 Å². The number of aliphatic hydroxyl groups is 1. The number of nitrogens with zero attached hydrogens (tertiary/aromatic N) is 1. The lowest BCUT2D eigenvalue weighted by molar-refractivity contribution is 0.0846. The summed E-state index contributed by atoms with van der Waals surface area (Å²) >= 11 is 0. The van der Waals surface area contributed by atoms with Gasteiger partial charge in [-0.2, -0.15) is 0 Å². The molecule has 1 atom stereocenters. The zero-order chi connectivity index (χ0) is 15.2. The zero-order valence-electron chi connectivity index (χ0n) is 12.4. The van der Waals surface area contributed by atoms with Crippen molar-refractivity contribution in [3.63, 3.8) is 0 Å². The Morgan fingerprint density at radius 3 is 3.00 bits per heavy atom. The second kappa shape index (κ2) is 7.38. The van der Waals surface area contributed by atoms with Crippen LogP contribution in [0.15, 0.2) is 16.9 Å². The number of carbonyl (C=O) groups excluding carboxylic acids is 1. The minimum atomic E-state index is -0.270. The maximum absolute atomic E-state index is 12.0. The molecule has 0 bridgehead atoms. The average molecular weight is 293 g/mol. The van der Waals surface area contributed by atoms with E-state index in [1.54, 1.807) is 6.92 Å². The third-order valence-corrected chi connectivity index (χ3v) is 3.87. The first-order valence-corrected chi connectivity index (χ1v) is 7.44. The normalized spacial score (nSPS) is 19.4. The van der Waals surface area contributed by atoms with Crippen molar-refractivity contribution in [2.75, 3.05) is 26.2 Å². The van der Waals surface area contributed by atoms with Crippen molar-refractivity contribution in [3.05, 3.63) is 33.7 Å². The molecule has 116 valence electrons. The molecule has 0 aromatic carbocycles. The second-order valence-electron chi connectivity index (χ2n) is 5.54. The van der Waals surface area contributed by atoms with Crippen molar-refractivity contribution in [1.82, 2.24) is 15.2 Å². The molecule has 0 saturated carbocycles. The van der Waals surface area contributed by atoms with Gasteiger partial charge in [-0.15, -0.1) is 0 Å². The van der Waals surface area contributed by atoms with Crippen LogP contribution in [0.25, 0.3) is 0 Å². The van der Waals surface area contributed by atoms with Crippen LogP contribution in [-0.4, -0.2) is 53.2 Å². The Morgan fingerprint density at radius 1 is 1.48 bits per heavy atom. The van der Waals surface area contributed by atoms with E-state index in [4.69, 9.17) is 0 Å². The Bertz CT molecular complexity index is 541. The lowest BCUT2D eigenvalue weighted by Gasteiger charge is -2.34. The summed E-state index contributed by atoms with van der Waals surface area (Å²) in [7, 11) is 0. The zero-order valence-corrected chi connectivity index (χ0v) is 12.4. The van der Waals surface area contributed by atoms with Gasteiger partial charge in [0.1, 0.15) is 5.69 Å². The number of aromatic amines is 1. The molecule has 1 unspecified atom stereocenters. The van der Waals surface area contributed by atoms with Crippen LogP contribution in [0.2, 0.25) is 0 Å². The van der Waals surface area contributed by atoms with Gasteiger partial charge in [-0.3, -0.25) is 14.5 Å². The highest BCUT2D eigenvalue weighted by molar-refractivity contribution is 5.92. The van der Waals surface area contributed by atoms with E-state index in [1.807, 2.05) is 0 Å². The molecular weight excluding hydrogens is 270 g/mol. The Labute approximate surface area is 124 Å². The van der Waals surface area contributed by atoms with E-state index >= 15 is 0 Å². The maximum atomic E-state index is 12.0. The minimum absolute atomic E-state index is 0.166. The molecule has 1 aromatic rings. The maximum Gasteiger partial charge on any atom is 0.267 e. The van der Waals surface area contributed by atoms with Crippen molar-refractivity contribution >= 4 is 5.91 Å². The predicted molar refractivity (Wildman–Crippen MR) is 80.4 cm³/mol. The van der Waals surface area contributed by atoms with Crippen LogP contribution < -0.4 is 10.7 Å². The van der Waals surface area contributed by atoms with Crippen LogP contribution in [0.1, 0.15) is 35.4 Å². The first-order chi connectivity index (χ1) is 10.1. The molecule has 1 amide bonds. The van der Waals surface area contributed by atoms with Gasteiger partial charge in [0.15, 0.2) is 5.43 Å². The number of amides is 1. The van der Waals surface area contributed by atoms with E-state index in [0.29, 0.717) is 18.8 Å². The molecule has 21 heavy (non-hydrogen) atoms. The van der Waals surface area contributed by atoms with E-state index in [-0.39, 0.29) is 29.7 Å². The Morgan fingerprint density at radius 2 is 2.29 bits per heavy atom. The summed E-state index contributed by atoms with van der Waals surface area (Å²) in [5, 5.41) is 12.2. The van der Waals surface area contributed by atoms with Gasteiger partial charge in [0.2, 0.25) is 0 Å². The third kappa shape index (κ3) is 4.41. The highest BCUT2D eigenvalue weighted by Gasteiger charge is 2.21. The molecule has 1 aliphatic heterocycles. The molecule has 6 nitrogen and oxygen atoms in total. The number of hydrogen-bond acceptors (Lipinski definition) is 4. The summed E-state index contributed by atoms with van der Waals surface area (Å²) in [5.41, 5.74) is 0.786. The monoisotopic (exact) mass is 293 g/mol. The predicted octanol–water partition coefficient (Wildman–Crippen LogP) is 0.260. The number of nitrogens with one attached hydrogen (secondary N) is 2. The SMILES string of the molecule is Cc1cc(=O)cc(C(=O)NCCN2CCCCC2CO)[nH]1. The Balaban J connectivity index is 1.85. The fourth-order valence-electron chi connectivity index (χ4n) is 2.77. The number of rotatable bonds is 5. The summed E-state index contributed by atoms with van der Waals surface area (Å²) < 4.78 is 0. The number of carbonyl (C=O) groups is 1. The fraction of sp³-hybridized carbons (Fsp3) is 0.600. The van der Waals surface area contributed by atoms with E-state index in [9.17, 15) is 14.7 Å². The average Bonchev–Trinajstić information content (AvgIpc) is 2.46. The van der Waals surface area contributed by atoms with Gasteiger partial charge in [-0.25, -0.2) is 0 Å². The largest absolute Gasteiger partial charge is 0.395 e. The molecular formula is C15H23N3O3. The summed E-state index contributed by atoms with van der Waals surface area (Å²) in [4.78, 5) is 28.5. The second-order valence-corrected chi connectivity index (χ2v) is 5.54. The van der Waals surface area contributed by atoms with Crippen molar-refractivity contribution in [2.24, 2.45) is 0 Å². The van der Waals surface area contributed by atoms with Crippen LogP contribution >= 0.6 is 0 Å². The van der Waals surface area contributed by atoms with Crippen molar-refractivity contribution in [2.45, 2.75) is 32.2 Å². The van der Waals surface area contributed by atoms with E-state index in [1.165, 1.54) is 12.1 Å². The number of aliphatic hydroxyl groups excluding tert-OH is 1. The van der Waals surface area contributed by atoms with Crippen LogP contribution in [-0.2, 0) is 0 Å². The van der Waals surface area contributed by atoms with Crippen molar-refractivity contribution in [3.8, 4) is 0 Å². The van der Waals surface area contributed by atoms with E-state index < -0.39 is 0 Å². The van der Waals surface area contributed by atoms with Gasteiger partial charge < -0.3 is 15.4 Å². The number of aromatic nitrogens is 1. The molecule has 0 radical (unpaired) electrons. The number of aryl methyl sites for hydroxylation is 1. The summed E-state index contributed by atoms with van der Waals surface area (Å²) in [5.74, 6) is -0.270. The van der Waals surface area contributed by atoms with Crippen LogP contribution in [0, 0.1) is 6.92 Å². The number of pyridine rings is 1. The molecule has 1 aromatic heterocycles. The highest BCUT2D eigenvalue weighted by atomic mass is 16.3. The first kappa shape index (κ1) is 15.7. The number of likely N-dealkylation sites (tertiary alicyclic amines) is 1. The molecule has 0 spiro atoms. The summed E-state index contributed by atoms with van der Waals surface area (Å²) in [6.07, 6.45) is 3.30. The molecule has 1 aliphatic rings. The van der Waals surface area contributed by atoms with E-state index in [0.717, 1.165) is 25.8 Å². The van der Waals surface area contributed by atoms with Crippen LogP contribution in [0.4, 0.5) is 0 Å². The smallest absolute Gasteiger partial charge is 0.267 e. The van der Waals surface area contributed by atoms with Crippen LogP contribution in [0.5, 0.6) is 0 Å². The van der Waals surface area contributed by atoms with Gasteiger partial charge in [0.05, 0.1) is 6.61 Å². The molecule has 6 heteroatoms. The molecule has 1 saturated heterocycles. The van der Waals surface area contributed by atoms with Crippen molar-refractivity contribution in [1.29, 1.82) is 0 Å². The standard InChI is InChI=1S/C15H23N3O3/c1-11-8-13(20)9-14(17-11)15(21)16-5-7-18-6-3-2-4-12(18)10-19/h8-9,12,19H,2-7,10H2,1H3,(H,16,21)(H,17,20). The number of H-pyrrole nitrogens is 1. The summed E-state index contributed by atoms with van der Waals surface area (Å²) in [6.45, 7) is 4.09. The topological polar surface area (TPSA) is 85.4 Å². The minimum Gasteiger partial charge on any atom is -0.395 e. The van der Waals surface area contributed by atoms with Gasteiger partial charge >= 0.3 is 0 Å². The Kier molecular flexibility index (Phi) is 5.52. The summed E-state index contributed by atoms with van der Waals surface area (Å²) in [6, 6.07) is 2.96. The highest BCUT2D eigenvalue weighted by Crippen LogP contribution is 2.15. The lowest BCUT2D eigenvalue weighted by atomic mass is 10.0. The van der Waals surface area contributed by atoms with Gasteiger partial charge in [0.25, 0.3) is 5.91 Å². The van der Waals surface area contributed by atoms with Gasteiger partial charge in [-0.1, -0.05) is 6.42 Å². The lowest BCUT2D eigenvalue weighted by Crippen LogP contribution is -2.45. The quantitative estimate of drug-likeness (QED) is 0.727. The molecule has 0 aliphatic carbocycles.